The minimum absolute atomic E-state index is 0.0909. The van der Waals surface area contributed by atoms with Crippen LogP contribution in [0.2, 0.25) is 0 Å². The van der Waals surface area contributed by atoms with Gasteiger partial charge in [0.1, 0.15) is 0 Å². The van der Waals surface area contributed by atoms with E-state index in [9.17, 15) is 13.9 Å². The first kappa shape index (κ1) is 25.4. The molecule has 0 fully saturated rings. The highest BCUT2D eigenvalue weighted by Gasteiger charge is 2.28. The molecular formula is C14H28O10P2. The van der Waals surface area contributed by atoms with E-state index in [1.807, 2.05) is 0 Å². The minimum Gasteiger partial charge on any atom is -0.462 e. The van der Waals surface area contributed by atoms with E-state index in [1.54, 1.807) is 6.92 Å². The van der Waals surface area contributed by atoms with Crippen LogP contribution in [0, 0.1) is 0 Å². The van der Waals surface area contributed by atoms with Crippen molar-refractivity contribution < 1.29 is 47.2 Å². The van der Waals surface area contributed by atoms with Crippen LogP contribution in [0.1, 0.15) is 58.3 Å². The van der Waals surface area contributed by atoms with E-state index in [4.69, 9.17) is 19.4 Å². The molecule has 0 bridgehead atoms. The lowest BCUT2D eigenvalue weighted by molar-refractivity contribution is -0.146. The maximum Gasteiger partial charge on any atom is 0.499 e. The number of rotatable bonds is 16. The fraction of sp³-hybridized carbons (Fsp3) is 0.786. The minimum atomic E-state index is -5.00. The summed E-state index contributed by atoms with van der Waals surface area (Å²) in [5.74, 6) is -0.363. The Morgan fingerprint density at radius 3 is 1.77 bits per heavy atom. The Labute approximate surface area is 153 Å². The van der Waals surface area contributed by atoms with Crippen molar-refractivity contribution in [2.45, 2.75) is 58.3 Å². The van der Waals surface area contributed by atoms with Crippen molar-refractivity contribution in [3.63, 3.8) is 0 Å². The van der Waals surface area contributed by atoms with Crippen LogP contribution in [0.4, 0.5) is 0 Å². The quantitative estimate of drug-likeness (QED) is 0.0850. The summed E-state index contributed by atoms with van der Waals surface area (Å²) < 4.78 is 38.2. The standard InChI is InChI=1S/C14H28O10P2/c1-13(2)14(15)21-11-9-7-5-3-4-6-8-10-12-22-26(19,20)24-23-25(16,17)18/h1,3-12H2,2H3,(H,19,20)(H2,16,17,18). The number of hydrogen-bond acceptors (Lipinski definition) is 7. The summed E-state index contributed by atoms with van der Waals surface area (Å²) in [6.45, 7) is 5.42. The average molecular weight is 418 g/mol. The van der Waals surface area contributed by atoms with Gasteiger partial charge in [-0.3, -0.25) is 4.52 Å². The monoisotopic (exact) mass is 418 g/mol. The Balaban J connectivity index is 3.43. The Hall–Kier alpha value is -0.570. The highest BCUT2D eigenvalue weighted by molar-refractivity contribution is 7.49. The first-order valence-corrected chi connectivity index (χ1v) is 11.3. The summed E-state index contributed by atoms with van der Waals surface area (Å²) >= 11 is 0. The third-order valence-corrected chi connectivity index (χ3v) is 4.26. The zero-order valence-electron chi connectivity index (χ0n) is 14.9. The van der Waals surface area contributed by atoms with Crippen molar-refractivity contribution in [1.82, 2.24) is 0 Å². The molecule has 0 aliphatic heterocycles. The van der Waals surface area contributed by atoms with Crippen molar-refractivity contribution in [2.24, 2.45) is 0 Å². The van der Waals surface area contributed by atoms with E-state index in [1.165, 1.54) is 0 Å². The van der Waals surface area contributed by atoms with Gasteiger partial charge in [-0.15, -0.1) is 9.35 Å². The van der Waals surface area contributed by atoms with Gasteiger partial charge in [-0.25, -0.2) is 13.9 Å². The van der Waals surface area contributed by atoms with Crippen LogP contribution in [0.25, 0.3) is 0 Å². The third-order valence-electron chi connectivity index (χ3n) is 3.10. The van der Waals surface area contributed by atoms with E-state index >= 15 is 0 Å². The van der Waals surface area contributed by atoms with Gasteiger partial charge in [0, 0.05) is 5.57 Å². The molecule has 0 heterocycles. The number of unbranched alkanes of at least 4 members (excludes halogenated alkanes) is 7. The molecule has 1 unspecified atom stereocenters. The lowest BCUT2D eigenvalue weighted by atomic mass is 10.1. The predicted molar refractivity (Wildman–Crippen MR) is 92.7 cm³/mol. The molecular weight excluding hydrogens is 390 g/mol. The van der Waals surface area contributed by atoms with Crippen LogP contribution in [0.15, 0.2) is 12.2 Å². The topological polar surface area (TPSA) is 149 Å². The number of hydrogen-bond donors (Lipinski definition) is 3. The number of carbonyl (C=O) groups excluding carboxylic acids is 1. The van der Waals surface area contributed by atoms with E-state index < -0.39 is 15.6 Å². The Bertz CT molecular complexity index is 516. The zero-order chi connectivity index (χ0) is 20.1. The molecule has 0 aliphatic carbocycles. The molecule has 0 amide bonds. The lowest BCUT2D eigenvalue weighted by Gasteiger charge is -2.11. The molecule has 3 N–H and O–H groups in total. The second kappa shape index (κ2) is 13.6. The summed E-state index contributed by atoms with van der Waals surface area (Å²) in [6.07, 6.45) is 7.04. The number of phosphoric ester groups is 1. The second-order valence-corrected chi connectivity index (χ2v) is 8.16. The van der Waals surface area contributed by atoms with Gasteiger partial charge in [0.15, 0.2) is 0 Å². The first-order valence-electron chi connectivity index (χ1n) is 8.27. The molecule has 0 saturated heterocycles. The maximum absolute atomic E-state index is 11.2. The van der Waals surface area contributed by atoms with E-state index in [0.717, 1.165) is 44.9 Å². The summed E-state index contributed by atoms with van der Waals surface area (Å²) in [5, 5.41) is 0. The van der Waals surface area contributed by atoms with Crippen LogP contribution in [-0.2, 0) is 32.5 Å². The summed E-state index contributed by atoms with van der Waals surface area (Å²) in [5.41, 5.74) is 0.396. The number of ether oxygens (including phenoxy) is 1. The predicted octanol–water partition coefficient (Wildman–Crippen LogP) is 3.38. The number of esters is 1. The lowest BCUT2D eigenvalue weighted by Crippen LogP contribution is -2.05. The molecule has 10 nitrogen and oxygen atoms in total. The highest BCUT2D eigenvalue weighted by atomic mass is 31.2. The Morgan fingerprint density at radius 1 is 0.846 bits per heavy atom. The van der Waals surface area contributed by atoms with Gasteiger partial charge in [-0.2, -0.15) is 0 Å². The van der Waals surface area contributed by atoms with Crippen molar-refractivity contribution in [2.75, 3.05) is 13.2 Å². The molecule has 1 atom stereocenters. The van der Waals surface area contributed by atoms with Crippen molar-refractivity contribution in [3.8, 4) is 0 Å². The van der Waals surface area contributed by atoms with E-state index in [-0.39, 0.29) is 12.6 Å². The Morgan fingerprint density at radius 2 is 1.31 bits per heavy atom. The molecule has 0 rings (SSSR count). The fourth-order valence-electron chi connectivity index (χ4n) is 1.84. The molecule has 0 aromatic heterocycles. The first-order chi connectivity index (χ1) is 12.0. The maximum atomic E-state index is 11.2. The van der Waals surface area contributed by atoms with Gasteiger partial charge >= 0.3 is 21.6 Å². The Kier molecular flexibility index (Phi) is 13.3. The van der Waals surface area contributed by atoms with Crippen LogP contribution >= 0.6 is 15.6 Å². The number of phosphoric acid groups is 2. The molecule has 0 aromatic carbocycles. The van der Waals surface area contributed by atoms with Gasteiger partial charge in [-0.05, 0) is 19.8 Å². The SMILES string of the molecule is C=C(C)C(=O)OCCCCCCCCCCOP(=O)(O)OOP(=O)(O)O. The van der Waals surface area contributed by atoms with Gasteiger partial charge in [-0.1, -0.05) is 45.1 Å². The molecule has 0 aromatic rings. The largest absolute Gasteiger partial charge is 0.499 e. The van der Waals surface area contributed by atoms with Gasteiger partial charge < -0.3 is 19.4 Å². The molecule has 0 aliphatic rings. The number of carbonyl (C=O) groups is 1. The van der Waals surface area contributed by atoms with Gasteiger partial charge in [0.2, 0.25) is 0 Å². The zero-order valence-corrected chi connectivity index (χ0v) is 16.7. The smallest absolute Gasteiger partial charge is 0.462 e. The van der Waals surface area contributed by atoms with Gasteiger partial charge in [0.25, 0.3) is 0 Å². The summed E-state index contributed by atoms with van der Waals surface area (Å²) in [7, 11) is -9.64. The third kappa shape index (κ3) is 16.9. The molecule has 12 heteroatoms. The van der Waals surface area contributed by atoms with Crippen molar-refractivity contribution in [1.29, 1.82) is 0 Å². The van der Waals surface area contributed by atoms with Crippen molar-refractivity contribution in [3.05, 3.63) is 12.2 Å². The molecule has 154 valence electrons. The second-order valence-electron chi connectivity index (χ2n) is 5.69. The van der Waals surface area contributed by atoms with Gasteiger partial charge in [0.05, 0.1) is 13.2 Å². The van der Waals surface area contributed by atoms with E-state index in [0.29, 0.717) is 18.6 Å². The fourth-order valence-corrected chi connectivity index (χ4v) is 2.93. The van der Waals surface area contributed by atoms with E-state index in [2.05, 4.69) is 20.5 Å². The normalized spacial score (nSPS) is 14.0. The average Bonchev–Trinajstić information content (AvgIpc) is 2.53. The molecule has 26 heavy (non-hydrogen) atoms. The van der Waals surface area contributed by atoms with Crippen LogP contribution in [-0.4, -0.2) is 33.9 Å². The molecule has 0 radical (unpaired) electrons. The summed E-state index contributed by atoms with van der Waals surface area (Å²) in [6, 6.07) is 0. The molecule has 0 spiro atoms. The highest BCUT2D eigenvalue weighted by Crippen LogP contribution is 2.49. The van der Waals surface area contributed by atoms with Crippen molar-refractivity contribution >= 4 is 21.6 Å². The summed E-state index contributed by atoms with van der Waals surface area (Å²) in [4.78, 5) is 36.9. The van der Waals surface area contributed by atoms with Crippen LogP contribution in [0.5, 0.6) is 0 Å². The van der Waals surface area contributed by atoms with Crippen LogP contribution < -0.4 is 0 Å². The molecule has 0 saturated carbocycles. The van der Waals surface area contributed by atoms with Crippen LogP contribution in [0.3, 0.4) is 0 Å².